The van der Waals surface area contributed by atoms with E-state index in [1.807, 2.05) is 0 Å². The van der Waals surface area contributed by atoms with Crippen LogP contribution >= 0.6 is 0 Å². The molecule has 0 spiro atoms. The van der Waals surface area contributed by atoms with E-state index in [2.05, 4.69) is 11.3 Å². The van der Waals surface area contributed by atoms with Crippen molar-refractivity contribution in [1.82, 2.24) is 0 Å². The molecule has 7 heavy (non-hydrogen) atoms. The molecule has 0 fully saturated rings. The molecule has 0 aromatic carbocycles. The average Bonchev–Trinajstić information content (AvgIpc) is 1.35. The van der Waals surface area contributed by atoms with Crippen LogP contribution in [0.15, 0.2) is 12.8 Å². The van der Waals surface area contributed by atoms with E-state index in [0.717, 1.165) is 6.26 Å². The predicted octanol–water partition coefficient (Wildman–Crippen LogP) is -2.19. The summed E-state index contributed by atoms with van der Waals surface area (Å²) in [4.78, 5) is 9.75. The largest absolute Gasteiger partial charge is 1.00 e. The van der Waals surface area contributed by atoms with Gasteiger partial charge >= 0.3 is 57.4 Å². The molecule has 36 valence electrons. The first kappa shape index (κ1) is 10.8. The Labute approximate surface area is 86.8 Å². The van der Waals surface area contributed by atoms with Crippen LogP contribution in [0, 0.1) is 0 Å². The third-order valence-electron chi connectivity index (χ3n) is 0.249. The Morgan fingerprint density at radius 3 is 2.43 bits per heavy atom. The van der Waals surface area contributed by atoms with Gasteiger partial charge in [-0.3, -0.25) is 4.79 Å². The van der Waals surface area contributed by atoms with Crippen molar-refractivity contribution in [2.75, 3.05) is 0 Å². The van der Waals surface area contributed by atoms with Gasteiger partial charge < -0.3 is 6.16 Å². The smallest absolute Gasteiger partial charge is 1.00 e. The van der Waals surface area contributed by atoms with E-state index >= 15 is 0 Å². The molecule has 0 atom stereocenters. The van der Waals surface area contributed by atoms with Gasteiger partial charge in [0.05, 0.1) is 6.26 Å². The van der Waals surface area contributed by atoms with E-state index in [0.29, 0.717) is 0 Å². The van der Waals surface area contributed by atoms with Crippen LogP contribution in [0.4, 0.5) is 0 Å². The fraction of sp³-hybridized carbons (Fsp3) is 0.250. The summed E-state index contributed by atoms with van der Waals surface area (Å²) in [7, 11) is 0. The van der Waals surface area contributed by atoms with Crippen LogP contribution in [0.25, 0.3) is 0 Å². The SMILES string of the molecule is C=COC(C)=O.[H-].[K+]. The van der Waals surface area contributed by atoms with Gasteiger partial charge in [0, 0.05) is 6.92 Å². The van der Waals surface area contributed by atoms with E-state index < -0.39 is 0 Å². The minimum Gasteiger partial charge on any atom is -1.00 e. The van der Waals surface area contributed by atoms with Crippen LogP contribution < -0.4 is 51.4 Å². The van der Waals surface area contributed by atoms with Crippen molar-refractivity contribution >= 4 is 5.97 Å². The summed E-state index contributed by atoms with van der Waals surface area (Å²) < 4.78 is 4.17. The molecule has 0 aromatic rings. The number of carbonyl (C=O) groups excluding carboxylic acids is 1. The van der Waals surface area contributed by atoms with Gasteiger partial charge in [-0.1, -0.05) is 6.58 Å². The third-order valence-corrected chi connectivity index (χ3v) is 0.249. The zero-order chi connectivity index (χ0) is 4.99. The molecule has 0 N–H and O–H groups in total. The molecule has 0 aliphatic rings. The van der Waals surface area contributed by atoms with Crippen molar-refractivity contribution in [1.29, 1.82) is 0 Å². The number of carbonyl (C=O) groups is 1. The fourth-order valence-corrected chi connectivity index (χ4v) is 0.117. The van der Waals surface area contributed by atoms with Gasteiger partial charge in [0.2, 0.25) is 0 Å². The van der Waals surface area contributed by atoms with Crippen LogP contribution in [0.1, 0.15) is 8.35 Å². The van der Waals surface area contributed by atoms with E-state index in [4.69, 9.17) is 0 Å². The average molecular weight is 126 g/mol. The fourth-order valence-electron chi connectivity index (χ4n) is 0.117. The Bertz CT molecular complexity index is 74.4. The minimum atomic E-state index is -0.329. The second-order valence-electron chi connectivity index (χ2n) is 0.776. The predicted molar refractivity (Wildman–Crippen MR) is 23.1 cm³/mol. The number of rotatable bonds is 1. The molecule has 0 heterocycles. The first-order chi connectivity index (χ1) is 2.77. The molecule has 0 bridgehead atoms. The second kappa shape index (κ2) is 6.85. The Balaban J connectivity index is -0.000000125. The molecule has 3 heteroatoms. The van der Waals surface area contributed by atoms with Gasteiger partial charge in [0.1, 0.15) is 0 Å². The zero-order valence-electron chi connectivity index (χ0n) is 5.60. The van der Waals surface area contributed by atoms with E-state index in [1.54, 1.807) is 0 Å². The molecule has 0 rings (SSSR count). The summed E-state index contributed by atoms with van der Waals surface area (Å²) in [5, 5.41) is 0. The van der Waals surface area contributed by atoms with Gasteiger partial charge in [-0.05, 0) is 0 Å². The van der Waals surface area contributed by atoms with Crippen LogP contribution in [-0.2, 0) is 9.53 Å². The van der Waals surface area contributed by atoms with Gasteiger partial charge in [-0.2, -0.15) is 0 Å². The van der Waals surface area contributed by atoms with Gasteiger partial charge in [0.15, 0.2) is 0 Å². The standard InChI is InChI=1S/C4H6O2.K.H/c1-3-6-4(2)5;;/h3H,1H2,2H3;;/q;+1;-1. The first-order valence-corrected chi connectivity index (χ1v) is 1.55. The molecule has 2 nitrogen and oxygen atoms in total. The maximum Gasteiger partial charge on any atom is 1.00 e. The molecule has 0 aliphatic heterocycles. The molecule has 0 saturated heterocycles. The number of esters is 1. The number of hydrogen-bond acceptors (Lipinski definition) is 2. The normalized spacial score (nSPS) is 5.86. The zero-order valence-corrected chi connectivity index (χ0v) is 7.72. The summed E-state index contributed by atoms with van der Waals surface area (Å²) in [6.45, 7) is 4.48. The van der Waals surface area contributed by atoms with Crippen LogP contribution in [0.5, 0.6) is 0 Å². The monoisotopic (exact) mass is 126 g/mol. The molecule has 0 unspecified atom stereocenters. The van der Waals surface area contributed by atoms with E-state index in [9.17, 15) is 4.79 Å². The number of hydrogen-bond donors (Lipinski definition) is 0. The quantitative estimate of drug-likeness (QED) is 0.227. The van der Waals surface area contributed by atoms with Crippen molar-refractivity contribution < 1.29 is 62.3 Å². The van der Waals surface area contributed by atoms with Crippen molar-refractivity contribution in [2.24, 2.45) is 0 Å². The Hall–Kier alpha value is 0.846. The molecule has 0 amide bonds. The van der Waals surface area contributed by atoms with Crippen molar-refractivity contribution in [2.45, 2.75) is 6.92 Å². The van der Waals surface area contributed by atoms with E-state index in [1.165, 1.54) is 6.92 Å². The summed E-state index contributed by atoms with van der Waals surface area (Å²) in [6, 6.07) is 0. The summed E-state index contributed by atoms with van der Waals surface area (Å²) >= 11 is 0. The molecular formula is C4H7KO2. The first-order valence-electron chi connectivity index (χ1n) is 1.55. The van der Waals surface area contributed by atoms with Crippen LogP contribution in [-0.4, -0.2) is 5.97 Å². The molecule has 0 aliphatic carbocycles. The van der Waals surface area contributed by atoms with Crippen molar-refractivity contribution in [3.63, 3.8) is 0 Å². The van der Waals surface area contributed by atoms with Crippen molar-refractivity contribution in [3.8, 4) is 0 Å². The Morgan fingerprint density at radius 1 is 2.00 bits per heavy atom. The summed E-state index contributed by atoms with van der Waals surface area (Å²) in [5.74, 6) is -0.329. The second-order valence-corrected chi connectivity index (χ2v) is 0.776. The van der Waals surface area contributed by atoms with E-state index in [-0.39, 0.29) is 58.8 Å². The molecule has 0 aromatic heterocycles. The maximum atomic E-state index is 9.75. The minimum absolute atomic E-state index is 0. The summed E-state index contributed by atoms with van der Waals surface area (Å²) in [6.07, 6.45) is 1.10. The van der Waals surface area contributed by atoms with Gasteiger partial charge in [0.25, 0.3) is 0 Å². The van der Waals surface area contributed by atoms with Crippen LogP contribution in [0.3, 0.4) is 0 Å². The van der Waals surface area contributed by atoms with Crippen molar-refractivity contribution in [3.05, 3.63) is 12.8 Å². The van der Waals surface area contributed by atoms with Gasteiger partial charge in [-0.25, -0.2) is 0 Å². The summed E-state index contributed by atoms with van der Waals surface area (Å²) in [5.41, 5.74) is 0. The maximum absolute atomic E-state index is 9.75. The van der Waals surface area contributed by atoms with Gasteiger partial charge in [-0.15, -0.1) is 0 Å². The Kier molecular flexibility index (Phi) is 10.5. The topological polar surface area (TPSA) is 26.3 Å². The number of ether oxygens (including phenoxy) is 1. The molecular weight excluding hydrogens is 119 g/mol. The van der Waals surface area contributed by atoms with Crippen LogP contribution in [0.2, 0.25) is 0 Å². The third kappa shape index (κ3) is 10.9. The molecule has 0 radical (unpaired) electrons. The Morgan fingerprint density at radius 2 is 2.43 bits per heavy atom. The molecule has 0 saturated carbocycles.